The third-order valence-corrected chi connectivity index (χ3v) is 14.7. The summed E-state index contributed by atoms with van der Waals surface area (Å²) >= 11 is 0. The predicted molar refractivity (Wildman–Crippen MR) is 314 cm³/mol. The number of pyridine rings is 1. The minimum atomic E-state index is -0.312. The zero-order chi connectivity index (χ0) is 54.9. The molecule has 13 aromatic rings. The van der Waals surface area contributed by atoms with Crippen molar-refractivity contribution in [3.63, 3.8) is 0 Å². The second kappa shape index (κ2) is 19.6. The van der Waals surface area contributed by atoms with Crippen LogP contribution in [-0.2, 0) is 0 Å². The predicted octanol–water partition coefficient (Wildman–Crippen LogP) is 16.3. The highest BCUT2D eigenvalue weighted by Gasteiger charge is 2.33. The maximum absolute atomic E-state index is 15.7. The van der Waals surface area contributed by atoms with Crippen LogP contribution in [0.15, 0.2) is 180 Å². The average molecular weight is 1060 g/mol. The van der Waals surface area contributed by atoms with Crippen LogP contribution in [0.25, 0.3) is 70.5 Å². The second-order valence-corrected chi connectivity index (χ2v) is 19.4. The number of carbonyl (C=O) groups excluding carboxylic acids is 1. The van der Waals surface area contributed by atoms with Crippen molar-refractivity contribution >= 4 is 87.7 Å². The first-order chi connectivity index (χ1) is 39.0. The van der Waals surface area contributed by atoms with E-state index in [0.717, 1.165) is 11.3 Å². The number of hydrogen-bond acceptors (Lipinski definition) is 12. The molecule has 0 atom stereocenters. The largest absolute Gasteiger partial charge is 0.497 e. The number of carbonyl (C=O) groups is 1. The van der Waals surface area contributed by atoms with E-state index in [9.17, 15) is 4.79 Å². The van der Waals surface area contributed by atoms with Crippen molar-refractivity contribution in [3.8, 4) is 69.0 Å². The van der Waals surface area contributed by atoms with Crippen LogP contribution in [0.4, 0.5) is 5.69 Å². The van der Waals surface area contributed by atoms with Gasteiger partial charge in [-0.3, -0.25) is 19.0 Å². The molecule has 0 aliphatic rings. The molecule has 0 N–H and O–H groups in total. The number of rotatable bonds is 15. The number of ether oxygens (including phenoxy) is 8. The van der Waals surface area contributed by atoms with Gasteiger partial charge >= 0.3 is 0 Å². The quantitative estimate of drug-likeness (QED) is 0.0420. The first-order valence-corrected chi connectivity index (χ1v) is 25.8. The molecule has 0 unspecified atom stereocenters. The molecule has 0 aliphatic carbocycles. The fourth-order valence-electron chi connectivity index (χ4n) is 10.9. The summed E-state index contributed by atoms with van der Waals surface area (Å²) in [5.41, 5.74) is 4.67. The van der Waals surface area contributed by atoms with E-state index < -0.39 is 0 Å². The highest BCUT2D eigenvalue weighted by atomic mass is 16.5. The van der Waals surface area contributed by atoms with Crippen LogP contribution in [0.5, 0.6) is 69.0 Å². The number of para-hydroxylation sites is 3. The molecule has 0 bridgehead atoms. The lowest BCUT2D eigenvalue weighted by molar-refractivity contribution is 0.101. The standard InChI is InChI=1S/C67H49N3O10/c1-36-12-8-9-13-51(36)68-37(2)47-32-54(77-43-24-16-39(73-4)17-25-43)60-63-57(80-46-30-22-42(76-7)23-31-46)35-50-59-49(66-69-52-14-10-11-15-53(52)70(66)67(50)72)34-56(79-45-28-20-41(75-6)21-29-45)62(65(59)63)61-55(33-48(38(3)71)58(47)64(60)61)78-44-26-18-40(74-5)19-27-44/h8-35H,1-7H3. The first kappa shape index (κ1) is 49.2. The number of Topliss-reactive ketones (excluding diaryl/α,β-unsaturated/α-hetero) is 1. The molecule has 0 saturated heterocycles. The smallest absolute Gasteiger partial charge is 0.264 e. The molecule has 13 nitrogen and oxygen atoms in total. The molecular formula is C67H49N3O10. The summed E-state index contributed by atoms with van der Waals surface area (Å²) in [5, 5.41) is 5.48. The number of nitrogens with zero attached hydrogens (tertiary/aromatic N) is 3. The molecule has 0 amide bonds. The summed E-state index contributed by atoms with van der Waals surface area (Å²) in [6.07, 6.45) is 0. The van der Waals surface area contributed by atoms with Crippen molar-refractivity contribution in [3.05, 3.63) is 197 Å². The molecule has 80 heavy (non-hydrogen) atoms. The lowest BCUT2D eigenvalue weighted by Gasteiger charge is -2.26. The van der Waals surface area contributed by atoms with Crippen LogP contribution >= 0.6 is 0 Å². The maximum Gasteiger partial charge on any atom is 0.264 e. The molecule has 0 radical (unpaired) electrons. The summed E-state index contributed by atoms with van der Waals surface area (Å²) in [6.45, 7) is 5.49. The Labute approximate surface area is 458 Å². The Morgan fingerprint density at radius 1 is 0.438 bits per heavy atom. The van der Waals surface area contributed by atoms with Gasteiger partial charge in [-0.15, -0.1) is 0 Å². The highest BCUT2D eigenvalue weighted by Crippen LogP contribution is 2.57. The second-order valence-electron chi connectivity index (χ2n) is 19.4. The molecule has 2 aromatic heterocycles. The number of aryl methyl sites for hydroxylation is 1. The van der Waals surface area contributed by atoms with Crippen molar-refractivity contribution in [2.75, 3.05) is 28.4 Å². The third-order valence-electron chi connectivity index (χ3n) is 14.7. The minimum absolute atomic E-state index is 0.235. The molecule has 0 saturated carbocycles. The number of aliphatic imine (C=N–C) groups is 1. The summed E-state index contributed by atoms with van der Waals surface area (Å²) in [5.74, 6) is 5.56. The SMILES string of the molecule is COc1ccc(Oc2cc(C(C)=Nc3ccccc3C)c3c(C(C)=O)cc(Oc4ccc(OC)cc4)c4c5c(Oc6ccc(OC)cc6)cc6c7c(cc(Oc8ccc(OC)cc8)c(c2c34)c57)c(=O)n2c3ccccc3nc62)cc1. The molecule has 13 heteroatoms. The van der Waals surface area contributed by atoms with Gasteiger partial charge in [0.05, 0.1) is 50.5 Å². The molecule has 392 valence electrons. The number of imidazole rings is 1. The van der Waals surface area contributed by atoms with Crippen molar-refractivity contribution < 1.29 is 42.7 Å². The van der Waals surface area contributed by atoms with Gasteiger partial charge in [-0.2, -0.15) is 0 Å². The van der Waals surface area contributed by atoms with Gasteiger partial charge in [-0.05, 0) is 166 Å². The van der Waals surface area contributed by atoms with Crippen molar-refractivity contribution in [1.29, 1.82) is 0 Å². The van der Waals surface area contributed by atoms with E-state index >= 15 is 4.79 Å². The molecule has 0 spiro atoms. The van der Waals surface area contributed by atoms with Crippen LogP contribution in [0.3, 0.4) is 0 Å². The van der Waals surface area contributed by atoms with Gasteiger partial charge < -0.3 is 37.9 Å². The summed E-state index contributed by atoms with van der Waals surface area (Å²) in [7, 11) is 6.42. The van der Waals surface area contributed by atoms with E-state index in [1.165, 1.54) is 0 Å². The van der Waals surface area contributed by atoms with Crippen LogP contribution in [0.1, 0.15) is 35.3 Å². The molecule has 13 rings (SSSR count). The summed E-state index contributed by atoms with van der Waals surface area (Å²) < 4.78 is 52.8. The maximum atomic E-state index is 15.7. The lowest BCUT2D eigenvalue weighted by Crippen LogP contribution is -2.14. The highest BCUT2D eigenvalue weighted by molar-refractivity contribution is 6.44. The zero-order valence-corrected chi connectivity index (χ0v) is 44.6. The lowest BCUT2D eigenvalue weighted by atomic mass is 9.82. The zero-order valence-electron chi connectivity index (χ0n) is 44.6. The van der Waals surface area contributed by atoms with Crippen molar-refractivity contribution in [1.82, 2.24) is 9.38 Å². The Morgan fingerprint density at radius 2 is 0.838 bits per heavy atom. The van der Waals surface area contributed by atoms with E-state index in [4.69, 9.17) is 47.9 Å². The fourth-order valence-corrected chi connectivity index (χ4v) is 10.9. The van der Waals surface area contributed by atoms with E-state index in [-0.39, 0.29) is 11.3 Å². The molecule has 0 aliphatic heterocycles. The topological polar surface area (TPSA) is 138 Å². The van der Waals surface area contributed by atoms with E-state index in [2.05, 4.69) is 0 Å². The van der Waals surface area contributed by atoms with Crippen LogP contribution in [-0.4, -0.2) is 49.3 Å². The minimum Gasteiger partial charge on any atom is -0.497 e. The van der Waals surface area contributed by atoms with Crippen LogP contribution in [0, 0.1) is 6.92 Å². The molecule has 11 aromatic carbocycles. The Kier molecular flexibility index (Phi) is 12.0. The Balaban J connectivity index is 1.31. The van der Waals surface area contributed by atoms with E-state index in [1.54, 1.807) is 51.9 Å². The van der Waals surface area contributed by atoms with Gasteiger partial charge in [0.15, 0.2) is 5.78 Å². The Bertz CT molecular complexity index is 4670. The summed E-state index contributed by atoms with van der Waals surface area (Å²) in [6, 6.07) is 52.0. The molecule has 0 fully saturated rings. The van der Waals surface area contributed by atoms with Gasteiger partial charge in [-0.1, -0.05) is 30.3 Å². The fraction of sp³-hybridized carbons (Fsp3) is 0.104. The normalized spacial score (nSPS) is 11.9. The Hall–Kier alpha value is -10.4. The van der Waals surface area contributed by atoms with Crippen molar-refractivity contribution in [2.45, 2.75) is 20.8 Å². The summed E-state index contributed by atoms with van der Waals surface area (Å²) in [4.78, 5) is 40.9. The van der Waals surface area contributed by atoms with E-state index in [0.29, 0.717) is 156 Å². The van der Waals surface area contributed by atoms with Crippen LogP contribution < -0.4 is 43.5 Å². The number of fused-ring (bicyclic) bond motifs is 6. The van der Waals surface area contributed by atoms with Gasteiger partial charge in [0.2, 0.25) is 0 Å². The molecule has 2 heterocycles. The number of hydrogen-bond donors (Lipinski definition) is 0. The van der Waals surface area contributed by atoms with E-state index in [1.807, 2.05) is 172 Å². The molecular weight excluding hydrogens is 1010 g/mol. The number of ketones is 1. The number of aromatic nitrogens is 2. The monoisotopic (exact) mass is 1060 g/mol. The van der Waals surface area contributed by atoms with Crippen molar-refractivity contribution in [2.24, 2.45) is 4.99 Å². The van der Waals surface area contributed by atoms with Crippen LogP contribution in [0.2, 0.25) is 0 Å². The van der Waals surface area contributed by atoms with Gasteiger partial charge in [0, 0.05) is 65.3 Å². The number of benzene rings is 11. The van der Waals surface area contributed by atoms with Gasteiger partial charge in [0.25, 0.3) is 5.56 Å². The average Bonchev–Trinajstić information content (AvgIpc) is 3.90. The first-order valence-electron chi connectivity index (χ1n) is 25.8. The third kappa shape index (κ3) is 8.17. The number of methoxy groups -OCH3 is 4. The Morgan fingerprint density at radius 3 is 1.30 bits per heavy atom. The van der Waals surface area contributed by atoms with Gasteiger partial charge in [0.1, 0.15) is 74.6 Å². The van der Waals surface area contributed by atoms with Gasteiger partial charge in [-0.25, -0.2) is 4.98 Å².